The summed E-state index contributed by atoms with van der Waals surface area (Å²) >= 11 is 1.87. The van der Waals surface area contributed by atoms with Gasteiger partial charge in [-0.25, -0.2) is 4.98 Å². The van der Waals surface area contributed by atoms with E-state index in [9.17, 15) is 0 Å². The van der Waals surface area contributed by atoms with Crippen molar-refractivity contribution in [3.63, 3.8) is 0 Å². The van der Waals surface area contributed by atoms with Crippen LogP contribution in [0.5, 0.6) is 0 Å². The summed E-state index contributed by atoms with van der Waals surface area (Å²) in [5, 5.41) is 4.95. The van der Waals surface area contributed by atoms with Gasteiger partial charge in [-0.2, -0.15) is 0 Å². The summed E-state index contributed by atoms with van der Waals surface area (Å²) in [6, 6.07) is 2.34. The number of thiazole rings is 1. The van der Waals surface area contributed by atoms with Gasteiger partial charge in [0.15, 0.2) is 0 Å². The lowest BCUT2D eigenvalue weighted by atomic mass is 9.81. The van der Waals surface area contributed by atoms with Crippen molar-refractivity contribution in [1.29, 1.82) is 0 Å². The second-order valence-electron chi connectivity index (χ2n) is 6.38. The van der Waals surface area contributed by atoms with Gasteiger partial charge in [-0.3, -0.25) is 4.90 Å². The Morgan fingerprint density at radius 2 is 2.10 bits per heavy atom. The van der Waals surface area contributed by atoms with Gasteiger partial charge in [0, 0.05) is 35.7 Å². The van der Waals surface area contributed by atoms with Crippen molar-refractivity contribution < 1.29 is 0 Å². The summed E-state index contributed by atoms with van der Waals surface area (Å²) in [5.41, 5.74) is 0. The lowest BCUT2D eigenvalue weighted by Gasteiger charge is -2.49. The van der Waals surface area contributed by atoms with Gasteiger partial charge in [-0.15, -0.1) is 11.3 Å². The fourth-order valence-corrected chi connectivity index (χ4v) is 4.71. The maximum absolute atomic E-state index is 4.41. The first-order valence-corrected chi connectivity index (χ1v) is 8.98. The van der Waals surface area contributed by atoms with Crippen LogP contribution in [0.2, 0.25) is 0 Å². The van der Waals surface area contributed by atoms with Crippen molar-refractivity contribution in [2.75, 3.05) is 6.54 Å². The summed E-state index contributed by atoms with van der Waals surface area (Å²) in [6.07, 6.45) is 10.2. The molecule has 2 atom stereocenters. The number of piperidine rings is 2. The number of nitrogens with one attached hydrogen (secondary N) is 1. The SMILES string of the molecule is CCCNC1CC2CCCC(C1)N2Cc1cnc(C)s1. The third-order valence-corrected chi connectivity index (χ3v) is 5.71. The highest BCUT2D eigenvalue weighted by atomic mass is 32.1. The molecule has 2 unspecified atom stereocenters. The second kappa shape index (κ2) is 6.54. The van der Waals surface area contributed by atoms with E-state index in [0.717, 1.165) is 24.7 Å². The van der Waals surface area contributed by atoms with E-state index in [0.29, 0.717) is 0 Å². The minimum atomic E-state index is 0.754. The Kier molecular flexibility index (Phi) is 4.74. The quantitative estimate of drug-likeness (QED) is 0.902. The second-order valence-corrected chi connectivity index (χ2v) is 7.70. The van der Waals surface area contributed by atoms with Crippen LogP contribution in [-0.4, -0.2) is 34.6 Å². The van der Waals surface area contributed by atoms with Gasteiger partial charge in [0.05, 0.1) is 5.01 Å². The fourth-order valence-electron chi connectivity index (χ4n) is 3.91. The van der Waals surface area contributed by atoms with Crippen LogP contribution in [0.1, 0.15) is 55.3 Å². The molecule has 3 rings (SSSR count). The van der Waals surface area contributed by atoms with E-state index >= 15 is 0 Å². The molecule has 2 aliphatic heterocycles. The minimum Gasteiger partial charge on any atom is -0.314 e. The van der Waals surface area contributed by atoms with Crippen molar-refractivity contribution in [2.45, 2.75) is 77.0 Å². The molecule has 0 radical (unpaired) electrons. The van der Waals surface area contributed by atoms with Gasteiger partial charge in [-0.05, 0) is 45.6 Å². The van der Waals surface area contributed by atoms with Crippen molar-refractivity contribution in [3.8, 4) is 0 Å². The molecule has 1 aromatic rings. The molecule has 2 aliphatic rings. The average Bonchev–Trinajstić information content (AvgIpc) is 2.82. The van der Waals surface area contributed by atoms with Crippen molar-refractivity contribution in [1.82, 2.24) is 15.2 Å². The van der Waals surface area contributed by atoms with Crippen molar-refractivity contribution >= 4 is 11.3 Å². The van der Waals surface area contributed by atoms with Crippen LogP contribution in [0, 0.1) is 6.92 Å². The molecule has 3 nitrogen and oxygen atoms in total. The van der Waals surface area contributed by atoms with E-state index in [1.165, 1.54) is 55.0 Å². The Hall–Kier alpha value is -0.450. The Bertz CT molecular complexity index is 417. The number of rotatable bonds is 5. The van der Waals surface area contributed by atoms with Crippen LogP contribution in [0.25, 0.3) is 0 Å². The zero-order valence-electron chi connectivity index (χ0n) is 12.8. The lowest BCUT2D eigenvalue weighted by molar-refractivity contribution is 0.0185. The normalized spacial score (nSPS) is 30.6. The molecule has 2 fully saturated rings. The summed E-state index contributed by atoms with van der Waals surface area (Å²) in [4.78, 5) is 8.63. The molecule has 0 aromatic carbocycles. The molecule has 0 saturated carbocycles. The topological polar surface area (TPSA) is 28.2 Å². The Labute approximate surface area is 126 Å². The van der Waals surface area contributed by atoms with Crippen LogP contribution in [0.15, 0.2) is 6.20 Å². The summed E-state index contributed by atoms with van der Waals surface area (Å²) in [6.45, 7) is 6.67. The zero-order chi connectivity index (χ0) is 13.9. The predicted octanol–water partition coefficient (Wildman–Crippen LogP) is 3.34. The summed E-state index contributed by atoms with van der Waals surface area (Å²) in [5.74, 6) is 0. The Morgan fingerprint density at radius 1 is 1.35 bits per heavy atom. The van der Waals surface area contributed by atoms with Crippen molar-refractivity contribution in [2.24, 2.45) is 0 Å². The maximum Gasteiger partial charge on any atom is 0.0897 e. The van der Waals surface area contributed by atoms with Gasteiger partial charge >= 0.3 is 0 Å². The van der Waals surface area contributed by atoms with Crippen LogP contribution in [0.3, 0.4) is 0 Å². The summed E-state index contributed by atoms with van der Waals surface area (Å²) in [7, 11) is 0. The first-order valence-electron chi connectivity index (χ1n) is 8.16. The molecule has 3 heterocycles. The molecular formula is C16H27N3S. The fraction of sp³-hybridized carbons (Fsp3) is 0.812. The first-order chi connectivity index (χ1) is 9.76. The zero-order valence-corrected chi connectivity index (χ0v) is 13.6. The van der Waals surface area contributed by atoms with Gasteiger partial charge in [0.25, 0.3) is 0 Å². The number of aromatic nitrogens is 1. The lowest BCUT2D eigenvalue weighted by Crippen LogP contribution is -2.55. The van der Waals surface area contributed by atoms with E-state index in [1.807, 2.05) is 11.3 Å². The van der Waals surface area contributed by atoms with E-state index < -0.39 is 0 Å². The van der Waals surface area contributed by atoms with Crippen molar-refractivity contribution in [3.05, 3.63) is 16.1 Å². The molecule has 0 aliphatic carbocycles. The molecule has 112 valence electrons. The Balaban J connectivity index is 1.64. The number of hydrogen-bond donors (Lipinski definition) is 1. The first kappa shape index (κ1) is 14.5. The third-order valence-electron chi connectivity index (χ3n) is 4.82. The molecule has 1 N–H and O–H groups in total. The van der Waals surface area contributed by atoms with Gasteiger partial charge in [0.2, 0.25) is 0 Å². The molecule has 1 aromatic heterocycles. The number of fused-ring (bicyclic) bond motifs is 2. The number of aryl methyl sites for hydroxylation is 1. The molecule has 2 bridgehead atoms. The van der Waals surface area contributed by atoms with E-state index in [1.54, 1.807) is 0 Å². The van der Waals surface area contributed by atoms with Crippen LogP contribution in [-0.2, 0) is 6.54 Å². The monoisotopic (exact) mass is 293 g/mol. The highest BCUT2D eigenvalue weighted by molar-refractivity contribution is 7.11. The highest BCUT2D eigenvalue weighted by Gasteiger charge is 2.37. The maximum atomic E-state index is 4.41. The van der Waals surface area contributed by atoms with E-state index in [2.05, 4.69) is 35.2 Å². The summed E-state index contributed by atoms with van der Waals surface area (Å²) < 4.78 is 0. The van der Waals surface area contributed by atoms with Gasteiger partial charge < -0.3 is 5.32 Å². The number of hydrogen-bond acceptors (Lipinski definition) is 4. The number of nitrogens with zero attached hydrogens (tertiary/aromatic N) is 2. The molecule has 2 saturated heterocycles. The highest BCUT2D eigenvalue weighted by Crippen LogP contribution is 2.35. The minimum absolute atomic E-state index is 0.754. The smallest absolute Gasteiger partial charge is 0.0897 e. The van der Waals surface area contributed by atoms with Crippen LogP contribution < -0.4 is 5.32 Å². The van der Waals surface area contributed by atoms with E-state index in [-0.39, 0.29) is 0 Å². The average molecular weight is 293 g/mol. The van der Waals surface area contributed by atoms with E-state index in [4.69, 9.17) is 0 Å². The third kappa shape index (κ3) is 3.23. The van der Waals surface area contributed by atoms with Crippen LogP contribution >= 0.6 is 11.3 Å². The van der Waals surface area contributed by atoms with Gasteiger partial charge in [-0.1, -0.05) is 13.3 Å². The molecule has 0 amide bonds. The standard InChI is InChI=1S/C16H27N3S/c1-3-7-17-13-8-14-5-4-6-15(9-13)19(14)11-16-10-18-12(2)20-16/h10,13-15,17H,3-9,11H2,1-2H3. The molecule has 4 heteroatoms. The molecule has 0 spiro atoms. The van der Waals surface area contributed by atoms with Crippen LogP contribution in [0.4, 0.5) is 0 Å². The molecule has 20 heavy (non-hydrogen) atoms. The predicted molar refractivity (Wildman–Crippen MR) is 85.1 cm³/mol. The largest absolute Gasteiger partial charge is 0.314 e. The molecular weight excluding hydrogens is 266 g/mol. The Morgan fingerprint density at radius 3 is 2.70 bits per heavy atom. The van der Waals surface area contributed by atoms with Gasteiger partial charge in [0.1, 0.15) is 0 Å².